The van der Waals surface area contributed by atoms with Gasteiger partial charge in [0.05, 0.1) is 13.0 Å². The topological polar surface area (TPSA) is 38.8 Å². The maximum absolute atomic E-state index is 11.8. The van der Waals surface area contributed by atoms with E-state index < -0.39 is 16.6 Å². The van der Waals surface area contributed by atoms with Crippen molar-refractivity contribution in [2.75, 3.05) is 26.8 Å². The van der Waals surface area contributed by atoms with Crippen molar-refractivity contribution in [1.82, 2.24) is 4.57 Å². The summed E-state index contributed by atoms with van der Waals surface area (Å²) in [6.07, 6.45) is 1.63. The van der Waals surface area contributed by atoms with Crippen molar-refractivity contribution in [3.05, 3.63) is 0 Å². The summed E-state index contributed by atoms with van der Waals surface area (Å²) in [7, 11) is -1.31. The van der Waals surface area contributed by atoms with Crippen LogP contribution in [0, 0.1) is 0 Å². The van der Waals surface area contributed by atoms with Crippen LogP contribution in [0.4, 0.5) is 0 Å². The Kier molecular flexibility index (Phi) is 9.27. The van der Waals surface area contributed by atoms with Crippen LogP contribution in [0.3, 0.4) is 0 Å². The Labute approximate surface area is 146 Å². The molecule has 0 aromatic rings. The molecule has 0 radical (unpaired) electrons. The number of hydrogen-bond acceptors (Lipinski definition) is 4. The lowest BCUT2D eigenvalue weighted by molar-refractivity contribution is -0.143. The minimum atomic E-state index is -1.63. The molecule has 0 amide bonds. The Morgan fingerprint density at radius 2 is 1.65 bits per heavy atom. The van der Waals surface area contributed by atoms with Gasteiger partial charge in [0, 0.05) is 13.7 Å². The lowest BCUT2D eigenvalue weighted by atomic mass is 10.2. The number of ether oxygens (including phenoxy) is 1. The van der Waals surface area contributed by atoms with Gasteiger partial charge in [-0.25, -0.2) is 0 Å². The SMILES string of the molecule is CCOC(=O)CCN(CCC[Si](C)(C)OC)[Si](C)(C)C(C)(C)C. The molecule has 0 saturated carbocycles. The quantitative estimate of drug-likeness (QED) is 0.424. The van der Waals surface area contributed by atoms with Gasteiger partial charge in [0.15, 0.2) is 8.32 Å². The van der Waals surface area contributed by atoms with Crippen LogP contribution in [-0.4, -0.2) is 53.9 Å². The highest BCUT2D eigenvalue weighted by Crippen LogP contribution is 2.38. The molecule has 138 valence electrons. The van der Waals surface area contributed by atoms with E-state index in [4.69, 9.17) is 9.16 Å². The molecule has 0 aromatic heterocycles. The predicted molar refractivity (Wildman–Crippen MR) is 104 cm³/mol. The molecule has 6 heteroatoms. The van der Waals surface area contributed by atoms with Crippen LogP contribution < -0.4 is 0 Å². The molecule has 0 aromatic carbocycles. The minimum Gasteiger partial charge on any atom is -0.466 e. The molecule has 4 nitrogen and oxygen atoms in total. The highest BCUT2D eigenvalue weighted by atomic mass is 28.4. The van der Waals surface area contributed by atoms with E-state index in [1.165, 1.54) is 0 Å². The van der Waals surface area contributed by atoms with E-state index in [-0.39, 0.29) is 11.0 Å². The van der Waals surface area contributed by atoms with E-state index in [9.17, 15) is 4.79 Å². The molecule has 0 N–H and O–H groups in total. The summed E-state index contributed by atoms with van der Waals surface area (Å²) in [6, 6.07) is 1.16. The van der Waals surface area contributed by atoms with Gasteiger partial charge in [-0.2, -0.15) is 0 Å². The molecule has 0 spiro atoms. The van der Waals surface area contributed by atoms with Crippen LogP contribution in [0.5, 0.6) is 0 Å². The molecule has 0 aliphatic heterocycles. The molecule has 0 bridgehead atoms. The monoisotopic (exact) mass is 361 g/mol. The normalized spacial score (nSPS) is 13.5. The van der Waals surface area contributed by atoms with E-state index in [0.29, 0.717) is 13.0 Å². The zero-order valence-corrected chi connectivity index (χ0v) is 18.9. The van der Waals surface area contributed by atoms with Gasteiger partial charge in [0.25, 0.3) is 0 Å². The van der Waals surface area contributed by atoms with Crippen molar-refractivity contribution in [2.45, 2.75) is 77.8 Å². The van der Waals surface area contributed by atoms with E-state index >= 15 is 0 Å². The maximum Gasteiger partial charge on any atom is 0.307 e. The van der Waals surface area contributed by atoms with Gasteiger partial charge in [-0.3, -0.25) is 4.79 Å². The number of esters is 1. The third kappa shape index (κ3) is 7.96. The number of hydrogen-bond donors (Lipinski definition) is 0. The molecule has 0 rings (SSSR count). The van der Waals surface area contributed by atoms with E-state index in [2.05, 4.69) is 51.5 Å². The van der Waals surface area contributed by atoms with Crippen molar-refractivity contribution in [3.63, 3.8) is 0 Å². The summed E-state index contributed by atoms with van der Waals surface area (Å²) in [4.78, 5) is 11.8. The average Bonchev–Trinajstić information content (AvgIpc) is 2.41. The molecular weight excluding hydrogens is 322 g/mol. The van der Waals surface area contributed by atoms with E-state index in [1.54, 1.807) is 0 Å². The van der Waals surface area contributed by atoms with Crippen molar-refractivity contribution in [2.24, 2.45) is 0 Å². The van der Waals surface area contributed by atoms with Gasteiger partial charge < -0.3 is 13.7 Å². The molecule has 23 heavy (non-hydrogen) atoms. The predicted octanol–water partition coefficient (Wildman–Crippen LogP) is 4.49. The van der Waals surface area contributed by atoms with E-state index in [1.807, 2.05) is 14.0 Å². The number of carbonyl (C=O) groups excluding carboxylic acids is 1. The fourth-order valence-electron chi connectivity index (χ4n) is 2.40. The smallest absolute Gasteiger partial charge is 0.307 e. The largest absolute Gasteiger partial charge is 0.466 e. The van der Waals surface area contributed by atoms with Crippen LogP contribution in [0.2, 0.25) is 37.3 Å². The van der Waals surface area contributed by atoms with Crippen LogP contribution in [0.15, 0.2) is 0 Å². The highest BCUT2D eigenvalue weighted by Gasteiger charge is 2.40. The molecule has 0 fully saturated rings. The molecule has 0 heterocycles. The molecular formula is C17H39NO3Si2. The van der Waals surface area contributed by atoms with E-state index in [0.717, 1.165) is 25.6 Å². The summed E-state index contributed by atoms with van der Waals surface area (Å²) < 4.78 is 13.4. The maximum atomic E-state index is 11.8. The summed E-state index contributed by atoms with van der Waals surface area (Å²) in [5, 5.41) is 0.274. The van der Waals surface area contributed by atoms with Gasteiger partial charge >= 0.3 is 5.97 Å². The molecule has 0 aliphatic carbocycles. The highest BCUT2D eigenvalue weighted by molar-refractivity contribution is 6.77. The second-order valence-electron chi connectivity index (χ2n) is 8.42. The third-order valence-corrected chi connectivity index (χ3v) is 13.6. The van der Waals surface area contributed by atoms with Gasteiger partial charge in [0.2, 0.25) is 0 Å². The molecule has 0 atom stereocenters. The summed E-state index contributed by atoms with van der Waals surface area (Å²) in [5.41, 5.74) is 0. The molecule has 0 aliphatic rings. The first-order chi connectivity index (χ1) is 10.4. The van der Waals surface area contributed by atoms with Gasteiger partial charge in [-0.1, -0.05) is 33.9 Å². The summed E-state index contributed by atoms with van der Waals surface area (Å²) in [5.74, 6) is -0.0807. The second kappa shape index (κ2) is 9.34. The van der Waals surface area contributed by atoms with Crippen LogP contribution in [0.25, 0.3) is 0 Å². The van der Waals surface area contributed by atoms with Crippen molar-refractivity contribution in [1.29, 1.82) is 0 Å². The summed E-state index contributed by atoms with van der Waals surface area (Å²) in [6.45, 7) is 20.5. The van der Waals surface area contributed by atoms with Crippen molar-refractivity contribution < 1.29 is 14.0 Å². The summed E-state index contributed by atoms with van der Waals surface area (Å²) >= 11 is 0. The Morgan fingerprint density at radius 3 is 2.09 bits per heavy atom. The van der Waals surface area contributed by atoms with Gasteiger partial charge in [0.1, 0.15) is 8.24 Å². The first-order valence-electron chi connectivity index (χ1n) is 8.83. The second-order valence-corrected chi connectivity index (χ2v) is 18.1. The fraction of sp³-hybridized carbons (Fsp3) is 0.941. The lowest BCUT2D eigenvalue weighted by Gasteiger charge is -2.46. The number of rotatable bonds is 10. The van der Waals surface area contributed by atoms with Gasteiger partial charge in [-0.15, -0.1) is 0 Å². The first-order valence-corrected chi connectivity index (χ1v) is 14.9. The minimum absolute atomic E-state index is 0.0807. The Morgan fingerprint density at radius 1 is 1.09 bits per heavy atom. The first kappa shape index (κ1) is 22.8. The Balaban J connectivity index is 4.84. The van der Waals surface area contributed by atoms with Gasteiger partial charge in [-0.05, 0) is 44.1 Å². The van der Waals surface area contributed by atoms with Crippen LogP contribution in [0.1, 0.15) is 40.5 Å². The Hall–Kier alpha value is -0.176. The Bertz CT molecular complexity index is 365. The van der Waals surface area contributed by atoms with Crippen molar-refractivity contribution in [3.8, 4) is 0 Å². The standard InChI is InChI=1S/C17H39NO3Si2/c1-10-21-16(19)12-14-18(23(8,9)17(2,3)4)13-11-15-22(6,7)20-5/h10-15H2,1-9H3. The fourth-order valence-corrected chi connectivity index (χ4v) is 5.95. The number of carbonyl (C=O) groups is 1. The third-order valence-electron chi connectivity index (χ3n) is 5.28. The zero-order chi connectivity index (χ0) is 18.3. The zero-order valence-electron chi connectivity index (χ0n) is 16.9. The van der Waals surface area contributed by atoms with Crippen LogP contribution in [-0.2, 0) is 14.0 Å². The molecule has 0 unspecified atom stereocenters. The van der Waals surface area contributed by atoms with Crippen molar-refractivity contribution >= 4 is 22.5 Å². The molecule has 0 saturated heterocycles. The number of nitrogens with zero attached hydrogens (tertiary/aromatic N) is 1. The average molecular weight is 362 g/mol. The lowest BCUT2D eigenvalue weighted by Crippen LogP contribution is -2.56. The van der Waals surface area contributed by atoms with Crippen LogP contribution >= 0.6 is 0 Å².